The zero-order chi connectivity index (χ0) is 15.5. The molecule has 0 amide bonds. The highest BCUT2D eigenvalue weighted by atomic mass is 19.1. The number of aryl methyl sites for hydroxylation is 1. The standard InChI is InChI=1S/C18H19FN2O/c1-2-21-16(12-22-17-8-6-15(19)7-9-17)10-13-4-3-5-14(11-20)18(13)21/h3-10H,2,11-12,20H2,1H3. The Morgan fingerprint density at radius 1 is 1.14 bits per heavy atom. The van der Waals surface area contributed by atoms with E-state index >= 15 is 0 Å². The number of benzene rings is 2. The summed E-state index contributed by atoms with van der Waals surface area (Å²) in [5.41, 5.74) is 9.24. The molecule has 0 aliphatic carbocycles. The second-order valence-electron chi connectivity index (χ2n) is 5.18. The predicted molar refractivity (Wildman–Crippen MR) is 86.2 cm³/mol. The summed E-state index contributed by atoms with van der Waals surface area (Å²) in [7, 11) is 0. The number of ether oxygens (including phenoxy) is 1. The topological polar surface area (TPSA) is 40.2 Å². The molecule has 1 aromatic heterocycles. The summed E-state index contributed by atoms with van der Waals surface area (Å²) in [6.45, 7) is 3.91. The quantitative estimate of drug-likeness (QED) is 0.777. The monoisotopic (exact) mass is 298 g/mol. The molecule has 0 fully saturated rings. The highest BCUT2D eigenvalue weighted by Crippen LogP contribution is 2.25. The second kappa shape index (κ2) is 6.20. The highest BCUT2D eigenvalue weighted by Gasteiger charge is 2.11. The van der Waals surface area contributed by atoms with E-state index in [0.29, 0.717) is 18.9 Å². The van der Waals surface area contributed by atoms with Gasteiger partial charge in [0.25, 0.3) is 0 Å². The molecule has 0 unspecified atom stereocenters. The number of halogens is 1. The van der Waals surface area contributed by atoms with Gasteiger partial charge in [-0.15, -0.1) is 0 Å². The van der Waals surface area contributed by atoms with Gasteiger partial charge in [0.15, 0.2) is 0 Å². The minimum Gasteiger partial charge on any atom is -0.487 e. The maximum absolute atomic E-state index is 12.9. The molecule has 4 heteroatoms. The Kier molecular flexibility index (Phi) is 4.11. The van der Waals surface area contributed by atoms with Gasteiger partial charge in [0.2, 0.25) is 0 Å². The molecule has 0 aliphatic rings. The Balaban J connectivity index is 1.91. The van der Waals surface area contributed by atoms with Gasteiger partial charge in [-0.1, -0.05) is 18.2 Å². The van der Waals surface area contributed by atoms with Crippen LogP contribution in [0.1, 0.15) is 18.2 Å². The first kappa shape index (κ1) is 14.6. The number of para-hydroxylation sites is 1. The van der Waals surface area contributed by atoms with Gasteiger partial charge in [-0.25, -0.2) is 4.39 Å². The van der Waals surface area contributed by atoms with E-state index < -0.39 is 0 Å². The number of nitrogens with two attached hydrogens (primary N) is 1. The van der Waals surface area contributed by atoms with Crippen molar-refractivity contribution in [3.63, 3.8) is 0 Å². The van der Waals surface area contributed by atoms with E-state index in [0.717, 1.165) is 17.8 Å². The van der Waals surface area contributed by atoms with Gasteiger partial charge < -0.3 is 15.0 Å². The van der Waals surface area contributed by atoms with E-state index in [2.05, 4.69) is 29.7 Å². The first-order valence-corrected chi connectivity index (χ1v) is 7.41. The predicted octanol–water partition coefficient (Wildman–Crippen LogP) is 3.84. The van der Waals surface area contributed by atoms with Gasteiger partial charge in [-0.3, -0.25) is 0 Å². The van der Waals surface area contributed by atoms with E-state index in [4.69, 9.17) is 10.5 Å². The summed E-state index contributed by atoms with van der Waals surface area (Å²) >= 11 is 0. The average Bonchev–Trinajstić information content (AvgIpc) is 2.91. The maximum atomic E-state index is 12.9. The van der Waals surface area contributed by atoms with Crippen LogP contribution in [0.3, 0.4) is 0 Å². The third-order valence-electron chi connectivity index (χ3n) is 3.83. The van der Waals surface area contributed by atoms with Crippen LogP contribution in [-0.2, 0) is 19.7 Å². The molecule has 3 aromatic rings. The Hall–Kier alpha value is -2.33. The van der Waals surface area contributed by atoms with E-state index in [1.807, 2.05) is 6.07 Å². The molecule has 0 atom stereocenters. The molecule has 3 rings (SSSR count). The van der Waals surface area contributed by atoms with Crippen molar-refractivity contribution in [3.8, 4) is 5.75 Å². The number of nitrogens with zero attached hydrogens (tertiary/aromatic N) is 1. The van der Waals surface area contributed by atoms with Gasteiger partial charge in [-0.05, 0) is 42.8 Å². The minimum atomic E-state index is -0.261. The molecule has 0 saturated heterocycles. The third-order valence-corrected chi connectivity index (χ3v) is 3.83. The van der Waals surface area contributed by atoms with Crippen LogP contribution in [0, 0.1) is 5.82 Å². The van der Waals surface area contributed by atoms with Crippen molar-refractivity contribution < 1.29 is 9.13 Å². The van der Waals surface area contributed by atoms with Crippen molar-refractivity contribution >= 4 is 10.9 Å². The molecule has 2 N–H and O–H groups in total. The van der Waals surface area contributed by atoms with Crippen LogP contribution in [0.25, 0.3) is 10.9 Å². The lowest BCUT2D eigenvalue weighted by Gasteiger charge is -2.11. The molecule has 0 saturated carbocycles. The largest absolute Gasteiger partial charge is 0.487 e. The highest BCUT2D eigenvalue weighted by molar-refractivity contribution is 5.84. The Labute approximate surface area is 129 Å². The molecule has 114 valence electrons. The van der Waals surface area contributed by atoms with Crippen LogP contribution in [0.15, 0.2) is 48.5 Å². The van der Waals surface area contributed by atoms with Crippen molar-refractivity contribution in [1.29, 1.82) is 0 Å². The molecule has 0 bridgehead atoms. The SMILES string of the molecule is CCn1c(COc2ccc(F)cc2)cc2cccc(CN)c21. The summed E-state index contributed by atoms with van der Waals surface area (Å²) in [5, 5.41) is 1.17. The van der Waals surface area contributed by atoms with Crippen LogP contribution in [0.4, 0.5) is 4.39 Å². The fraction of sp³-hybridized carbons (Fsp3) is 0.222. The normalized spacial score (nSPS) is 11.0. The summed E-state index contributed by atoms with van der Waals surface area (Å²) in [6.07, 6.45) is 0. The molecule has 2 aromatic carbocycles. The van der Waals surface area contributed by atoms with Crippen LogP contribution >= 0.6 is 0 Å². The van der Waals surface area contributed by atoms with Crippen LogP contribution in [0.2, 0.25) is 0 Å². The van der Waals surface area contributed by atoms with E-state index in [1.54, 1.807) is 12.1 Å². The van der Waals surface area contributed by atoms with Gasteiger partial charge >= 0.3 is 0 Å². The van der Waals surface area contributed by atoms with E-state index in [-0.39, 0.29) is 5.82 Å². The number of rotatable bonds is 5. The Bertz CT molecular complexity index is 778. The Morgan fingerprint density at radius 2 is 1.91 bits per heavy atom. The molecular weight excluding hydrogens is 279 g/mol. The first-order chi connectivity index (χ1) is 10.7. The van der Waals surface area contributed by atoms with Crippen LogP contribution < -0.4 is 10.5 Å². The van der Waals surface area contributed by atoms with Crippen molar-refractivity contribution in [2.45, 2.75) is 26.6 Å². The van der Waals surface area contributed by atoms with Crippen molar-refractivity contribution in [2.75, 3.05) is 0 Å². The van der Waals surface area contributed by atoms with Crippen molar-refractivity contribution in [1.82, 2.24) is 4.57 Å². The molecule has 0 spiro atoms. The zero-order valence-corrected chi connectivity index (χ0v) is 12.6. The third kappa shape index (κ3) is 2.70. The van der Waals surface area contributed by atoms with E-state index in [9.17, 15) is 4.39 Å². The number of fused-ring (bicyclic) bond motifs is 1. The summed E-state index contributed by atoms with van der Waals surface area (Å²) in [6, 6.07) is 14.4. The van der Waals surface area contributed by atoms with Crippen LogP contribution in [0.5, 0.6) is 5.75 Å². The lowest BCUT2D eigenvalue weighted by Crippen LogP contribution is -2.07. The second-order valence-corrected chi connectivity index (χ2v) is 5.18. The number of hydrogen-bond donors (Lipinski definition) is 1. The summed E-state index contributed by atoms with van der Waals surface area (Å²) in [5.74, 6) is 0.399. The van der Waals surface area contributed by atoms with E-state index in [1.165, 1.54) is 23.0 Å². The average molecular weight is 298 g/mol. The lowest BCUT2D eigenvalue weighted by molar-refractivity contribution is 0.295. The van der Waals surface area contributed by atoms with Gasteiger partial charge in [0, 0.05) is 18.5 Å². The lowest BCUT2D eigenvalue weighted by atomic mass is 10.1. The fourth-order valence-corrected chi connectivity index (χ4v) is 2.79. The molecular formula is C18H19FN2O. The number of hydrogen-bond acceptors (Lipinski definition) is 2. The van der Waals surface area contributed by atoms with Crippen molar-refractivity contribution in [2.24, 2.45) is 5.73 Å². The van der Waals surface area contributed by atoms with Gasteiger partial charge in [0.1, 0.15) is 18.2 Å². The van der Waals surface area contributed by atoms with Crippen molar-refractivity contribution in [3.05, 3.63) is 65.6 Å². The Morgan fingerprint density at radius 3 is 2.59 bits per heavy atom. The fourth-order valence-electron chi connectivity index (χ4n) is 2.79. The smallest absolute Gasteiger partial charge is 0.128 e. The van der Waals surface area contributed by atoms with Gasteiger partial charge in [0.05, 0.1) is 11.2 Å². The maximum Gasteiger partial charge on any atom is 0.128 e. The molecule has 0 radical (unpaired) electrons. The molecule has 0 aliphatic heterocycles. The molecule has 22 heavy (non-hydrogen) atoms. The zero-order valence-electron chi connectivity index (χ0n) is 12.6. The first-order valence-electron chi connectivity index (χ1n) is 7.41. The van der Waals surface area contributed by atoms with Crippen LogP contribution in [-0.4, -0.2) is 4.57 Å². The molecule has 3 nitrogen and oxygen atoms in total. The minimum absolute atomic E-state index is 0.261. The summed E-state index contributed by atoms with van der Waals surface area (Å²) in [4.78, 5) is 0. The summed E-state index contributed by atoms with van der Waals surface area (Å²) < 4.78 is 20.9. The number of aromatic nitrogens is 1. The molecule has 1 heterocycles. The van der Waals surface area contributed by atoms with Gasteiger partial charge in [-0.2, -0.15) is 0 Å².